The highest BCUT2D eigenvalue weighted by molar-refractivity contribution is 6.31. The summed E-state index contributed by atoms with van der Waals surface area (Å²) in [6.07, 6.45) is 5.87. The Morgan fingerprint density at radius 2 is 2.14 bits per heavy atom. The molecular formula is C17H30ClN3. The highest BCUT2D eigenvalue weighted by Crippen LogP contribution is 2.45. The van der Waals surface area contributed by atoms with Crippen LogP contribution in [0.5, 0.6) is 0 Å². The molecule has 2 atom stereocenters. The van der Waals surface area contributed by atoms with E-state index < -0.39 is 0 Å². The summed E-state index contributed by atoms with van der Waals surface area (Å²) in [7, 11) is 2.02. The predicted molar refractivity (Wildman–Crippen MR) is 89.9 cm³/mol. The van der Waals surface area contributed by atoms with Crippen LogP contribution in [0.1, 0.15) is 58.3 Å². The van der Waals surface area contributed by atoms with Crippen LogP contribution >= 0.6 is 11.6 Å². The molecule has 0 saturated heterocycles. The summed E-state index contributed by atoms with van der Waals surface area (Å²) in [5.41, 5.74) is 2.63. The molecule has 0 amide bonds. The smallest absolute Gasteiger partial charge is 0.0850 e. The summed E-state index contributed by atoms with van der Waals surface area (Å²) in [6.45, 7) is 10.1. The molecule has 0 aliphatic heterocycles. The van der Waals surface area contributed by atoms with Gasteiger partial charge in [0.25, 0.3) is 0 Å². The molecule has 1 aliphatic rings. The maximum Gasteiger partial charge on any atom is 0.0850 e. The summed E-state index contributed by atoms with van der Waals surface area (Å²) in [5, 5.41) is 9.15. The Labute approximate surface area is 134 Å². The van der Waals surface area contributed by atoms with Crippen molar-refractivity contribution in [2.45, 2.75) is 65.8 Å². The van der Waals surface area contributed by atoms with Crippen LogP contribution in [0.3, 0.4) is 0 Å². The van der Waals surface area contributed by atoms with Gasteiger partial charge >= 0.3 is 0 Å². The van der Waals surface area contributed by atoms with E-state index in [2.05, 4.69) is 38.1 Å². The van der Waals surface area contributed by atoms with Crippen LogP contribution in [-0.2, 0) is 19.9 Å². The van der Waals surface area contributed by atoms with Crippen molar-refractivity contribution >= 4 is 11.6 Å². The number of rotatable bonds is 6. The van der Waals surface area contributed by atoms with Crippen LogP contribution in [0.4, 0.5) is 0 Å². The highest BCUT2D eigenvalue weighted by Gasteiger charge is 2.39. The standard InChI is InChI=1S/C17H30ClN3/c1-6-13-16(18)15(21(5)20-13)11-14(19-7-2)12-9-8-10-17(12,3)4/h12,14,19H,6-11H2,1-5H3. The molecule has 1 fully saturated rings. The van der Waals surface area contributed by atoms with E-state index in [9.17, 15) is 0 Å². The fourth-order valence-corrected chi connectivity index (χ4v) is 4.34. The minimum Gasteiger partial charge on any atom is -0.314 e. The third-order valence-electron chi connectivity index (χ3n) is 5.21. The highest BCUT2D eigenvalue weighted by atomic mass is 35.5. The maximum absolute atomic E-state index is 6.54. The molecule has 4 heteroatoms. The van der Waals surface area contributed by atoms with Crippen LogP contribution in [-0.4, -0.2) is 22.4 Å². The second-order valence-electron chi connectivity index (χ2n) is 7.04. The van der Waals surface area contributed by atoms with E-state index >= 15 is 0 Å². The van der Waals surface area contributed by atoms with Crippen molar-refractivity contribution < 1.29 is 0 Å². The van der Waals surface area contributed by atoms with Gasteiger partial charge in [-0.1, -0.05) is 45.7 Å². The lowest BCUT2D eigenvalue weighted by Gasteiger charge is -2.35. The second kappa shape index (κ2) is 6.70. The number of hydrogen-bond donors (Lipinski definition) is 1. The molecule has 0 spiro atoms. The molecule has 21 heavy (non-hydrogen) atoms. The summed E-state index contributed by atoms with van der Waals surface area (Å²) >= 11 is 6.54. The lowest BCUT2D eigenvalue weighted by molar-refractivity contribution is 0.195. The number of nitrogens with one attached hydrogen (secondary N) is 1. The Morgan fingerprint density at radius 3 is 2.62 bits per heavy atom. The number of aromatic nitrogens is 2. The molecule has 2 rings (SSSR count). The maximum atomic E-state index is 6.54. The number of aryl methyl sites for hydroxylation is 2. The van der Waals surface area contributed by atoms with Crippen molar-refractivity contribution in [3.05, 3.63) is 16.4 Å². The molecule has 0 bridgehead atoms. The van der Waals surface area contributed by atoms with Crippen molar-refractivity contribution in [1.29, 1.82) is 0 Å². The van der Waals surface area contributed by atoms with Gasteiger partial charge in [-0.05, 0) is 37.1 Å². The minimum atomic E-state index is 0.422. The van der Waals surface area contributed by atoms with Gasteiger partial charge in [-0.2, -0.15) is 5.10 Å². The molecule has 3 nitrogen and oxygen atoms in total. The SMILES string of the molecule is CCNC(Cc1c(Cl)c(CC)nn1C)C1CCCC1(C)C. The lowest BCUT2D eigenvalue weighted by Crippen LogP contribution is -2.42. The van der Waals surface area contributed by atoms with Gasteiger partial charge in [-0.25, -0.2) is 0 Å². The van der Waals surface area contributed by atoms with E-state index in [0.29, 0.717) is 17.4 Å². The monoisotopic (exact) mass is 311 g/mol. The van der Waals surface area contributed by atoms with E-state index in [1.54, 1.807) is 0 Å². The van der Waals surface area contributed by atoms with E-state index in [0.717, 1.165) is 30.1 Å². The first-order chi connectivity index (χ1) is 9.90. The molecule has 1 aromatic rings. The molecule has 1 saturated carbocycles. The first kappa shape index (κ1) is 16.8. The molecule has 1 aromatic heterocycles. The zero-order chi connectivity index (χ0) is 15.6. The Morgan fingerprint density at radius 1 is 1.43 bits per heavy atom. The zero-order valence-corrected chi connectivity index (χ0v) is 14.9. The first-order valence-corrected chi connectivity index (χ1v) is 8.72. The van der Waals surface area contributed by atoms with Crippen molar-refractivity contribution in [1.82, 2.24) is 15.1 Å². The third-order valence-corrected chi connectivity index (χ3v) is 5.64. The molecule has 0 aromatic carbocycles. The van der Waals surface area contributed by atoms with Gasteiger partial charge in [0.1, 0.15) is 0 Å². The van der Waals surface area contributed by atoms with Crippen LogP contribution in [0.25, 0.3) is 0 Å². The Balaban J connectivity index is 2.22. The summed E-state index contributed by atoms with van der Waals surface area (Å²) in [4.78, 5) is 0. The molecule has 1 N–H and O–H groups in total. The minimum absolute atomic E-state index is 0.422. The van der Waals surface area contributed by atoms with E-state index in [4.69, 9.17) is 11.6 Å². The number of halogens is 1. The Bertz CT molecular complexity index is 479. The van der Waals surface area contributed by atoms with Crippen LogP contribution in [0.2, 0.25) is 5.02 Å². The summed E-state index contributed by atoms with van der Waals surface area (Å²) < 4.78 is 1.98. The van der Waals surface area contributed by atoms with E-state index in [-0.39, 0.29) is 0 Å². The van der Waals surface area contributed by atoms with Gasteiger partial charge in [0.05, 0.1) is 16.4 Å². The molecule has 2 unspecified atom stereocenters. The van der Waals surface area contributed by atoms with Crippen molar-refractivity contribution in [2.75, 3.05) is 6.54 Å². The van der Waals surface area contributed by atoms with Crippen LogP contribution in [0.15, 0.2) is 0 Å². The first-order valence-electron chi connectivity index (χ1n) is 8.34. The van der Waals surface area contributed by atoms with E-state index in [1.807, 2.05) is 11.7 Å². The van der Waals surface area contributed by atoms with Gasteiger partial charge < -0.3 is 5.32 Å². The molecule has 1 heterocycles. The predicted octanol–water partition coefficient (Wildman–Crippen LogP) is 3.98. The summed E-state index contributed by atoms with van der Waals surface area (Å²) in [6, 6.07) is 0.491. The van der Waals surface area contributed by atoms with Crippen LogP contribution < -0.4 is 5.32 Å². The van der Waals surface area contributed by atoms with E-state index in [1.165, 1.54) is 25.0 Å². The largest absolute Gasteiger partial charge is 0.314 e. The lowest BCUT2D eigenvalue weighted by atomic mass is 9.76. The average molecular weight is 312 g/mol. The van der Waals surface area contributed by atoms with Gasteiger partial charge in [0, 0.05) is 19.5 Å². The van der Waals surface area contributed by atoms with Crippen molar-refractivity contribution in [3.8, 4) is 0 Å². The zero-order valence-electron chi connectivity index (χ0n) is 14.2. The molecular weight excluding hydrogens is 282 g/mol. The Kier molecular flexibility index (Phi) is 5.37. The van der Waals surface area contributed by atoms with Crippen molar-refractivity contribution in [3.63, 3.8) is 0 Å². The normalized spacial score (nSPS) is 22.7. The van der Waals surface area contributed by atoms with Crippen molar-refractivity contribution in [2.24, 2.45) is 18.4 Å². The fourth-order valence-electron chi connectivity index (χ4n) is 3.97. The molecule has 0 radical (unpaired) electrons. The second-order valence-corrected chi connectivity index (χ2v) is 7.42. The van der Waals surface area contributed by atoms with Gasteiger partial charge in [0.15, 0.2) is 0 Å². The topological polar surface area (TPSA) is 29.9 Å². The molecule has 1 aliphatic carbocycles. The quantitative estimate of drug-likeness (QED) is 0.861. The van der Waals surface area contributed by atoms with Gasteiger partial charge in [0.2, 0.25) is 0 Å². The number of nitrogens with zero attached hydrogens (tertiary/aromatic N) is 2. The fraction of sp³-hybridized carbons (Fsp3) is 0.824. The third kappa shape index (κ3) is 3.45. The van der Waals surface area contributed by atoms with Gasteiger partial charge in [-0.15, -0.1) is 0 Å². The molecule has 120 valence electrons. The summed E-state index contributed by atoms with van der Waals surface area (Å²) in [5.74, 6) is 0.716. The number of hydrogen-bond acceptors (Lipinski definition) is 2. The number of likely N-dealkylation sites (N-methyl/N-ethyl adjacent to an activating group) is 1. The van der Waals surface area contributed by atoms with Crippen LogP contribution in [0, 0.1) is 11.3 Å². The van der Waals surface area contributed by atoms with Gasteiger partial charge in [-0.3, -0.25) is 4.68 Å². The average Bonchev–Trinajstić information content (AvgIpc) is 2.91. The Hall–Kier alpha value is -0.540.